The molecule has 0 spiro atoms. The minimum atomic E-state index is -0.294. The van der Waals surface area contributed by atoms with Gasteiger partial charge in [-0.15, -0.1) is 0 Å². The lowest BCUT2D eigenvalue weighted by Crippen LogP contribution is -2.08. The molecule has 0 radical (unpaired) electrons. The van der Waals surface area contributed by atoms with E-state index in [1.807, 2.05) is 6.92 Å². The second kappa shape index (κ2) is 4.40. The summed E-state index contributed by atoms with van der Waals surface area (Å²) in [7, 11) is 0. The molecule has 4 nitrogen and oxygen atoms in total. The van der Waals surface area contributed by atoms with Crippen molar-refractivity contribution in [3.8, 4) is 11.4 Å². The molecule has 0 saturated carbocycles. The van der Waals surface area contributed by atoms with E-state index in [0.29, 0.717) is 17.3 Å². The van der Waals surface area contributed by atoms with E-state index in [0.717, 1.165) is 6.42 Å². The molecule has 0 aliphatic carbocycles. The number of hydrogen-bond donors (Lipinski definition) is 1. The molecule has 2 N–H and O–H groups in total. The van der Waals surface area contributed by atoms with Crippen LogP contribution >= 0.6 is 0 Å². The predicted octanol–water partition coefficient (Wildman–Crippen LogP) is 2.29. The molecule has 0 aliphatic heterocycles. The van der Waals surface area contributed by atoms with Gasteiger partial charge in [0.25, 0.3) is 0 Å². The van der Waals surface area contributed by atoms with Gasteiger partial charge < -0.3 is 10.3 Å². The third-order valence-corrected chi connectivity index (χ3v) is 2.30. The quantitative estimate of drug-likeness (QED) is 0.863. The van der Waals surface area contributed by atoms with Crippen molar-refractivity contribution in [2.75, 3.05) is 0 Å². The van der Waals surface area contributed by atoms with Crippen molar-refractivity contribution in [3.63, 3.8) is 0 Å². The van der Waals surface area contributed by atoms with E-state index in [-0.39, 0.29) is 11.9 Å². The van der Waals surface area contributed by atoms with Crippen molar-refractivity contribution < 1.29 is 8.91 Å². The van der Waals surface area contributed by atoms with Gasteiger partial charge in [-0.1, -0.05) is 12.1 Å². The number of halogens is 1. The third-order valence-electron chi connectivity index (χ3n) is 2.30. The van der Waals surface area contributed by atoms with Crippen molar-refractivity contribution in [1.29, 1.82) is 0 Å². The highest BCUT2D eigenvalue weighted by molar-refractivity contribution is 5.53. The number of rotatable bonds is 3. The zero-order valence-corrected chi connectivity index (χ0v) is 8.85. The van der Waals surface area contributed by atoms with E-state index >= 15 is 0 Å². The molecule has 2 rings (SSSR count). The van der Waals surface area contributed by atoms with Crippen molar-refractivity contribution in [2.24, 2.45) is 5.73 Å². The number of aromatic nitrogens is 2. The molecule has 0 saturated heterocycles. The van der Waals surface area contributed by atoms with Crippen LogP contribution in [0.2, 0.25) is 0 Å². The zero-order chi connectivity index (χ0) is 11.5. The molecule has 2 aromatic rings. The minimum absolute atomic E-state index is 0.248. The molecule has 84 valence electrons. The maximum Gasteiger partial charge on any atom is 0.243 e. The monoisotopic (exact) mass is 221 g/mol. The van der Waals surface area contributed by atoms with Gasteiger partial charge in [-0.25, -0.2) is 4.39 Å². The largest absolute Gasteiger partial charge is 0.337 e. The molecule has 0 unspecified atom stereocenters. The first-order chi connectivity index (χ1) is 7.70. The Bertz CT molecular complexity index is 466. The van der Waals surface area contributed by atoms with Crippen LogP contribution < -0.4 is 5.73 Å². The highest BCUT2D eigenvalue weighted by Crippen LogP contribution is 2.19. The number of benzene rings is 1. The van der Waals surface area contributed by atoms with Gasteiger partial charge in [-0.05, 0) is 30.7 Å². The zero-order valence-electron chi connectivity index (χ0n) is 8.85. The predicted molar refractivity (Wildman–Crippen MR) is 56.9 cm³/mol. The lowest BCUT2D eigenvalue weighted by molar-refractivity contribution is 0.352. The van der Waals surface area contributed by atoms with Crippen LogP contribution in [-0.4, -0.2) is 10.1 Å². The Balaban J connectivity index is 2.28. The van der Waals surface area contributed by atoms with E-state index < -0.39 is 0 Å². The standard InChI is InChI=1S/C11H12FN3O/c1-2-9(13)11-14-10(15-16-11)7-3-5-8(12)6-4-7/h3-6,9H,2,13H2,1H3/t9-/m0/s1. The summed E-state index contributed by atoms with van der Waals surface area (Å²) >= 11 is 0. The number of nitrogens with zero attached hydrogens (tertiary/aromatic N) is 2. The summed E-state index contributed by atoms with van der Waals surface area (Å²) in [6.07, 6.45) is 0.727. The maximum absolute atomic E-state index is 12.7. The van der Waals surface area contributed by atoms with Crippen LogP contribution in [0.3, 0.4) is 0 Å². The van der Waals surface area contributed by atoms with Crippen molar-refractivity contribution >= 4 is 0 Å². The first-order valence-electron chi connectivity index (χ1n) is 5.06. The van der Waals surface area contributed by atoms with E-state index in [4.69, 9.17) is 10.3 Å². The average Bonchev–Trinajstić information content (AvgIpc) is 2.78. The van der Waals surface area contributed by atoms with Crippen LogP contribution in [0.15, 0.2) is 28.8 Å². The van der Waals surface area contributed by atoms with Gasteiger partial charge in [0.15, 0.2) is 0 Å². The van der Waals surface area contributed by atoms with Crippen molar-refractivity contribution in [2.45, 2.75) is 19.4 Å². The summed E-state index contributed by atoms with van der Waals surface area (Å²) < 4.78 is 17.7. The van der Waals surface area contributed by atoms with Crippen molar-refractivity contribution in [3.05, 3.63) is 36.0 Å². The highest BCUT2D eigenvalue weighted by atomic mass is 19.1. The Hall–Kier alpha value is -1.75. The van der Waals surface area contributed by atoms with E-state index in [9.17, 15) is 4.39 Å². The van der Waals surface area contributed by atoms with E-state index in [1.165, 1.54) is 12.1 Å². The summed E-state index contributed by atoms with van der Waals surface area (Å²) in [5.41, 5.74) is 6.46. The summed E-state index contributed by atoms with van der Waals surface area (Å²) in [5, 5.41) is 3.80. The molecule has 1 atom stereocenters. The molecule has 0 amide bonds. The first kappa shape index (κ1) is 10.8. The fourth-order valence-electron chi connectivity index (χ4n) is 1.28. The molecule has 0 aliphatic rings. The molecular weight excluding hydrogens is 209 g/mol. The smallest absolute Gasteiger partial charge is 0.243 e. The third kappa shape index (κ3) is 2.09. The lowest BCUT2D eigenvalue weighted by Gasteiger charge is -1.99. The van der Waals surface area contributed by atoms with Crippen LogP contribution in [0.25, 0.3) is 11.4 Å². The summed E-state index contributed by atoms with van der Waals surface area (Å²) in [4.78, 5) is 4.16. The molecule has 16 heavy (non-hydrogen) atoms. The van der Waals surface area contributed by atoms with Crippen LogP contribution in [0.4, 0.5) is 4.39 Å². The summed E-state index contributed by atoms with van der Waals surface area (Å²) in [6.45, 7) is 1.94. The topological polar surface area (TPSA) is 64.9 Å². The van der Waals surface area contributed by atoms with Gasteiger partial charge >= 0.3 is 0 Å². The van der Waals surface area contributed by atoms with Gasteiger partial charge in [0.2, 0.25) is 11.7 Å². The van der Waals surface area contributed by atoms with Gasteiger partial charge in [0.05, 0.1) is 6.04 Å². The summed E-state index contributed by atoms with van der Waals surface area (Å²) in [6, 6.07) is 5.65. The van der Waals surface area contributed by atoms with Gasteiger partial charge in [0.1, 0.15) is 5.82 Å². The van der Waals surface area contributed by atoms with Crippen LogP contribution in [0.5, 0.6) is 0 Å². The fraction of sp³-hybridized carbons (Fsp3) is 0.273. The Morgan fingerprint density at radius 1 is 1.38 bits per heavy atom. The first-order valence-corrected chi connectivity index (χ1v) is 5.06. The molecular formula is C11H12FN3O. The van der Waals surface area contributed by atoms with Crippen LogP contribution in [0, 0.1) is 5.82 Å². The number of hydrogen-bond acceptors (Lipinski definition) is 4. The Kier molecular flexibility index (Phi) is 2.96. The normalized spacial score (nSPS) is 12.7. The SMILES string of the molecule is CC[C@H](N)c1nc(-c2ccc(F)cc2)no1. The minimum Gasteiger partial charge on any atom is -0.337 e. The second-order valence-electron chi connectivity index (χ2n) is 3.48. The van der Waals surface area contributed by atoms with Crippen molar-refractivity contribution in [1.82, 2.24) is 10.1 Å². The average molecular weight is 221 g/mol. The molecule has 5 heteroatoms. The summed E-state index contributed by atoms with van der Waals surface area (Å²) in [5.74, 6) is 0.540. The number of nitrogens with two attached hydrogens (primary N) is 1. The van der Waals surface area contributed by atoms with E-state index in [1.54, 1.807) is 12.1 Å². The van der Waals surface area contributed by atoms with Gasteiger partial charge in [-0.3, -0.25) is 0 Å². The van der Waals surface area contributed by atoms with Crippen LogP contribution in [0.1, 0.15) is 25.3 Å². The maximum atomic E-state index is 12.7. The Morgan fingerprint density at radius 3 is 2.69 bits per heavy atom. The lowest BCUT2D eigenvalue weighted by atomic mass is 10.2. The molecule has 1 aromatic carbocycles. The van der Waals surface area contributed by atoms with E-state index in [2.05, 4.69) is 10.1 Å². The second-order valence-corrected chi connectivity index (χ2v) is 3.48. The fourth-order valence-corrected chi connectivity index (χ4v) is 1.28. The molecule has 1 heterocycles. The Morgan fingerprint density at radius 2 is 2.06 bits per heavy atom. The van der Waals surface area contributed by atoms with Gasteiger partial charge in [-0.2, -0.15) is 4.98 Å². The molecule has 0 bridgehead atoms. The highest BCUT2D eigenvalue weighted by Gasteiger charge is 2.13. The molecule has 0 fully saturated rings. The van der Waals surface area contributed by atoms with Crippen LogP contribution in [-0.2, 0) is 0 Å². The Labute approximate surface area is 92.3 Å². The molecule has 1 aromatic heterocycles. The van der Waals surface area contributed by atoms with Gasteiger partial charge in [0, 0.05) is 5.56 Å².